The average molecular weight is 236 g/mol. The summed E-state index contributed by atoms with van der Waals surface area (Å²) in [6.45, 7) is 12.3. The predicted molar refractivity (Wildman–Crippen MR) is 71.7 cm³/mol. The molecule has 0 saturated carbocycles. The third-order valence-electron chi connectivity index (χ3n) is 3.83. The molecule has 0 aliphatic heterocycles. The zero-order valence-electron chi connectivity index (χ0n) is 11.4. The molecule has 1 atom stereocenters. The molecule has 17 heavy (non-hydrogen) atoms. The third-order valence-corrected chi connectivity index (χ3v) is 3.83. The van der Waals surface area contributed by atoms with Crippen molar-refractivity contribution in [2.45, 2.75) is 34.1 Å². The molecule has 0 amide bonds. The van der Waals surface area contributed by atoms with Crippen molar-refractivity contribution in [3.63, 3.8) is 0 Å². The molecule has 0 spiro atoms. The van der Waals surface area contributed by atoms with Crippen LogP contribution < -0.4 is 0 Å². The van der Waals surface area contributed by atoms with Crippen LogP contribution in [-0.4, -0.2) is 23.4 Å². The Morgan fingerprint density at radius 2 is 1.94 bits per heavy atom. The van der Waals surface area contributed by atoms with E-state index < -0.39 is 0 Å². The number of hydrogen-bond donors (Lipinski definition) is 2. The van der Waals surface area contributed by atoms with Gasteiger partial charge in [0.25, 0.3) is 0 Å². The van der Waals surface area contributed by atoms with Crippen molar-refractivity contribution in [3.8, 4) is 0 Å². The fourth-order valence-corrected chi connectivity index (χ4v) is 3.21. The Morgan fingerprint density at radius 1 is 1.35 bits per heavy atom. The Bertz CT molecular complexity index is 374. The van der Waals surface area contributed by atoms with Crippen LogP contribution in [0.5, 0.6) is 0 Å². The molecule has 0 heterocycles. The van der Waals surface area contributed by atoms with Gasteiger partial charge in [-0.25, -0.2) is 0 Å². The van der Waals surface area contributed by atoms with Crippen molar-refractivity contribution in [2.24, 2.45) is 10.8 Å². The SMILES string of the molecule is C=CC1=C(/C(=C\C)CO)[C@@](C)(CO)CC1(C)C. The summed E-state index contributed by atoms with van der Waals surface area (Å²) in [4.78, 5) is 0. The molecule has 2 heteroatoms. The first-order valence-electron chi connectivity index (χ1n) is 6.11. The van der Waals surface area contributed by atoms with E-state index in [1.807, 2.05) is 19.1 Å². The van der Waals surface area contributed by atoms with Gasteiger partial charge in [0.1, 0.15) is 0 Å². The normalized spacial score (nSPS) is 28.7. The van der Waals surface area contributed by atoms with Crippen LogP contribution in [0, 0.1) is 10.8 Å². The van der Waals surface area contributed by atoms with E-state index in [1.165, 1.54) is 0 Å². The number of hydrogen-bond acceptors (Lipinski definition) is 2. The van der Waals surface area contributed by atoms with Gasteiger partial charge in [-0.1, -0.05) is 39.5 Å². The van der Waals surface area contributed by atoms with Gasteiger partial charge in [0.05, 0.1) is 13.2 Å². The molecule has 1 rings (SSSR count). The van der Waals surface area contributed by atoms with Gasteiger partial charge >= 0.3 is 0 Å². The Hall–Kier alpha value is -0.860. The van der Waals surface area contributed by atoms with Gasteiger partial charge in [-0.05, 0) is 35.5 Å². The van der Waals surface area contributed by atoms with E-state index in [2.05, 4.69) is 27.4 Å². The minimum Gasteiger partial charge on any atom is -0.395 e. The highest BCUT2D eigenvalue weighted by molar-refractivity contribution is 5.50. The van der Waals surface area contributed by atoms with E-state index in [4.69, 9.17) is 0 Å². The second kappa shape index (κ2) is 4.79. The molecule has 0 aromatic carbocycles. The molecule has 2 nitrogen and oxygen atoms in total. The van der Waals surface area contributed by atoms with Gasteiger partial charge < -0.3 is 10.2 Å². The molecule has 0 fully saturated rings. The van der Waals surface area contributed by atoms with Crippen LogP contribution in [0.25, 0.3) is 0 Å². The van der Waals surface area contributed by atoms with E-state index in [0.717, 1.165) is 23.1 Å². The van der Waals surface area contributed by atoms with E-state index >= 15 is 0 Å². The number of allylic oxidation sites excluding steroid dienone is 3. The molecule has 0 saturated heterocycles. The maximum Gasteiger partial charge on any atom is 0.0681 e. The number of rotatable bonds is 4. The van der Waals surface area contributed by atoms with Gasteiger partial charge in [-0.3, -0.25) is 0 Å². The highest BCUT2D eigenvalue weighted by Crippen LogP contribution is 2.55. The second-order valence-corrected chi connectivity index (χ2v) is 5.74. The topological polar surface area (TPSA) is 40.5 Å². The summed E-state index contributed by atoms with van der Waals surface area (Å²) < 4.78 is 0. The summed E-state index contributed by atoms with van der Waals surface area (Å²) in [6, 6.07) is 0. The molecular formula is C15H24O2. The van der Waals surface area contributed by atoms with E-state index in [9.17, 15) is 10.2 Å². The average Bonchev–Trinajstić information content (AvgIpc) is 2.48. The first-order chi connectivity index (χ1) is 7.86. The van der Waals surface area contributed by atoms with E-state index in [1.54, 1.807) is 0 Å². The van der Waals surface area contributed by atoms with Crippen LogP contribution in [-0.2, 0) is 0 Å². The molecular weight excluding hydrogens is 212 g/mol. The van der Waals surface area contributed by atoms with Crippen LogP contribution in [0.2, 0.25) is 0 Å². The lowest BCUT2D eigenvalue weighted by Crippen LogP contribution is -2.24. The summed E-state index contributed by atoms with van der Waals surface area (Å²) in [5.41, 5.74) is 2.85. The Balaban J connectivity index is 3.47. The van der Waals surface area contributed by atoms with Crippen LogP contribution in [0.1, 0.15) is 34.1 Å². The van der Waals surface area contributed by atoms with Gasteiger partial charge in [0, 0.05) is 5.41 Å². The largest absolute Gasteiger partial charge is 0.395 e. The van der Waals surface area contributed by atoms with E-state index in [-0.39, 0.29) is 24.0 Å². The van der Waals surface area contributed by atoms with Crippen molar-refractivity contribution < 1.29 is 10.2 Å². The number of aliphatic hydroxyl groups is 2. The van der Waals surface area contributed by atoms with Gasteiger partial charge in [-0.15, -0.1) is 0 Å². The lowest BCUT2D eigenvalue weighted by Gasteiger charge is -2.28. The highest BCUT2D eigenvalue weighted by atomic mass is 16.3. The molecule has 0 aromatic rings. The minimum absolute atomic E-state index is 0.00199. The standard InChI is InChI=1S/C15H24O2/c1-6-11(8-16)13-12(7-2)14(3,4)9-15(13,5)10-17/h6-7,16-17H,2,8-10H2,1,3-5H3/b11-6-/t15-/m1/s1. The van der Waals surface area contributed by atoms with E-state index in [0.29, 0.717) is 0 Å². The Labute approximate surface area is 104 Å². The molecule has 0 unspecified atom stereocenters. The van der Waals surface area contributed by atoms with Crippen molar-refractivity contribution in [2.75, 3.05) is 13.2 Å². The predicted octanol–water partition coefficient (Wildman–Crippen LogP) is 2.84. The maximum atomic E-state index is 9.70. The van der Waals surface area contributed by atoms with Crippen molar-refractivity contribution in [3.05, 3.63) is 35.5 Å². The third kappa shape index (κ3) is 2.24. The second-order valence-electron chi connectivity index (χ2n) is 5.74. The molecule has 0 aromatic heterocycles. The van der Waals surface area contributed by atoms with Crippen molar-refractivity contribution >= 4 is 0 Å². The van der Waals surface area contributed by atoms with Gasteiger partial charge in [-0.2, -0.15) is 0 Å². The molecule has 0 bridgehead atoms. The molecule has 0 radical (unpaired) electrons. The summed E-state index contributed by atoms with van der Waals surface area (Å²) in [7, 11) is 0. The van der Waals surface area contributed by atoms with Gasteiger partial charge in [0.15, 0.2) is 0 Å². The maximum absolute atomic E-state index is 9.70. The zero-order chi connectivity index (χ0) is 13.3. The molecule has 96 valence electrons. The van der Waals surface area contributed by atoms with Crippen molar-refractivity contribution in [1.82, 2.24) is 0 Å². The van der Waals surface area contributed by atoms with Crippen LogP contribution in [0.4, 0.5) is 0 Å². The van der Waals surface area contributed by atoms with Crippen LogP contribution in [0.3, 0.4) is 0 Å². The quantitative estimate of drug-likeness (QED) is 0.788. The summed E-state index contributed by atoms with van der Waals surface area (Å²) in [5, 5.41) is 19.2. The molecule has 1 aliphatic carbocycles. The lowest BCUT2D eigenvalue weighted by atomic mass is 9.77. The molecule has 2 N–H and O–H groups in total. The summed E-state index contributed by atoms with van der Waals surface area (Å²) >= 11 is 0. The summed E-state index contributed by atoms with van der Waals surface area (Å²) in [5.74, 6) is 0. The monoisotopic (exact) mass is 236 g/mol. The lowest BCUT2D eigenvalue weighted by molar-refractivity contribution is 0.151. The van der Waals surface area contributed by atoms with Crippen molar-refractivity contribution in [1.29, 1.82) is 0 Å². The number of aliphatic hydroxyl groups excluding tert-OH is 2. The first kappa shape index (κ1) is 14.2. The zero-order valence-corrected chi connectivity index (χ0v) is 11.4. The highest BCUT2D eigenvalue weighted by Gasteiger charge is 2.46. The fourth-order valence-electron chi connectivity index (χ4n) is 3.21. The Morgan fingerprint density at radius 3 is 2.29 bits per heavy atom. The van der Waals surface area contributed by atoms with Gasteiger partial charge in [0.2, 0.25) is 0 Å². The first-order valence-corrected chi connectivity index (χ1v) is 6.11. The smallest absolute Gasteiger partial charge is 0.0681 e. The Kier molecular flexibility index (Phi) is 4.00. The molecule has 1 aliphatic rings. The fraction of sp³-hybridized carbons (Fsp3) is 0.600. The summed E-state index contributed by atoms with van der Waals surface area (Å²) in [6.07, 6.45) is 4.67. The minimum atomic E-state index is -0.280. The van der Waals surface area contributed by atoms with Crippen LogP contribution >= 0.6 is 0 Å². The van der Waals surface area contributed by atoms with Crippen LogP contribution in [0.15, 0.2) is 35.5 Å².